The Labute approximate surface area is 162 Å². The summed E-state index contributed by atoms with van der Waals surface area (Å²) in [7, 11) is 0. The zero-order chi connectivity index (χ0) is 17.6. The molecule has 1 aromatic carbocycles. The normalized spacial score (nSPS) is 10.7. The predicted octanol–water partition coefficient (Wildman–Crippen LogP) is 3.37. The van der Waals surface area contributed by atoms with E-state index in [-0.39, 0.29) is 24.2 Å². The Morgan fingerprint density at radius 2 is 1.88 bits per heavy atom. The first kappa shape index (κ1) is 21.5. The third kappa shape index (κ3) is 7.92. The van der Waals surface area contributed by atoms with Crippen LogP contribution in [0.3, 0.4) is 0 Å². The van der Waals surface area contributed by atoms with E-state index in [1.54, 1.807) is 35.6 Å². The summed E-state index contributed by atoms with van der Waals surface area (Å²) in [6, 6.07) is 10.7. The summed E-state index contributed by atoms with van der Waals surface area (Å²) < 4.78 is 1.11. The lowest BCUT2D eigenvalue weighted by Crippen LogP contribution is -2.45. The molecule has 136 valence electrons. The van der Waals surface area contributed by atoms with Crippen molar-refractivity contribution in [3.8, 4) is 0 Å². The second-order valence-electron chi connectivity index (χ2n) is 6.02. The van der Waals surface area contributed by atoms with Crippen LogP contribution < -0.4 is 16.4 Å². The molecule has 2 amide bonds. The Bertz CT molecular complexity index is 683. The van der Waals surface area contributed by atoms with Crippen molar-refractivity contribution in [1.82, 2.24) is 5.32 Å². The van der Waals surface area contributed by atoms with Crippen molar-refractivity contribution < 1.29 is 9.59 Å². The van der Waals surface area contributed by atoms with Crippen molar-refractivity contribution >= 4 is 53.0 Å². The van der Waals surface area contributed by atoms with Crippen LogP contribution in [0.15, 0.2) is 46.0 Å². The van der Waals surface area contributed by atoms with Gasteiger partial charge in [-0.05, 0) is 49.6 Å². The average molecular weight is 400 g/mol. The zero-order valence-electron chi connectivity index (χ0n) is 14.1. The molecule has 0 radical (unpaired) electrons. The SMILES string of the molecule is CC(C)(N)CNC(=O)c1ccc(NC(=O)CSc2cccs2)cc1.Cl. The summed E-state index contributed by atoms with van der Waals surface area (Å²) in [6.45, 7) is 4.09. The molecule has 2 aromatic rings. The quantitative estimate of drug-likeness (QED) is 0.623. The highest BCUT2D eigenvalue weighted by Crippen LogP contribution is 2.23. The van der Waals surface area contributed by atoms with Gasteiger partial charge in [0.15, 0.2) is 0 Å². The molecule has 1 aromatic heterocycles. The lowest BCUT2D eigenvalue weighted by molar-refractivity contribution is -0.113. The largest absolute Gasteiger partial charge is 0.350 e. The van der Waals surface area contributed by atoms with Crippen LogP contribution in [0.25, 0.3) is 0 Å². The van der Waals surface area contributed by atoms with Gasteiger partial charge in [0.05, 0.1) is 9.96 Å². The van der Waals surface area contributed by atoms with Crippen molar-refractivity contribution in [2.75, 3.05) is 17.6 Å². The van der Waals surface area contributed by atoms with Gasteiger partial charge in [0.1, 0.15) is 0 Å². The molecule has 2 rings (SSSR count). The van der Waals surface area contributed by atoms with E-state index in [9.17, 15) is 9.59 Å². The van der Waals surface area contributed by atoms with Crippen molar-refractivity contribution in [1.29, 1.82) is 0 Å². The van der Waals surface area contributed by atoms with Gasteiger partial charge in [0.25, 0.3) is 5.91 Å². The van der Waals surface area contributed by atoms with Crippen LogP contribution in [-0.4, -0.2) is 29.7 Å². The average Bonchev–Trinajstić information content (AvgIpc) is 3.04. The van der Waals surface area contributed by atoms with E-state index in [0.29, 0.717) is 23.5 Å². The summed E-state index contributed by atoms with van der Waals surface area (Å²) >= 11 is 3.11. The highest BCUT2D eigenvalue weighted by molar-refractivity contribution is 8.01. The van der Waals surface area contributed by atoms with Gasteiger partial charge in [-0.15, -0.1) is 35.5 Å². The summed E-state index contributed by atoms with van der Waals surface area (Å²) in [6.07, 6.45) is 0. The molecule has 5 nitrogen and oxygen atoms in total. The van der Waals surface area contributed by atoms with E-state index < -0.39 is 5.54 Å². The van der Waals surface area contributed by atoms with Gasteiger partial charge in [-0.1, -0.05) is 6.07 Å². The number of benzene rings is 1. The number of thioether (sulfide) groups is 1. The second-order valence-corrected chi connectivity index (χ2v) is 8.24. The first-order valence-electron chi connectivity index (χ1n) is 7.47. The maximum absolute atomic E-state index is 12.0. The Morgan fingerprint density at radius 1 is 1.20 bits per heavy atom. The predicted molar refractivity (Wildman–Crippen MR) is 108 cm³/mol. The highest BCUT2D eigenvalue weighted by Gasteiger charge is 2.13. The van der Waals surface area contributed by atoms with E-state index in [1.165, 1.54) is 11.8 Å². The summed E-state index contributed by atoms with van der Waals surface area (Å²) in [4.78, 5) is 23.9. The summed E-state index contributed by atoms with van der Waals surface area (Å²) in [5, 5.41) is 7.58. The molecule has 0 unspecified atom stereocenters. The van der Waals surface area contributed by atoms with Gasteiger partial charge in [-0.2, -0.15) is 0 Å². The Kier molecular flexibility index (Phi) is 8.44. The van der Waals surface area contributed by atoms with Gasteiger partial charge in [0.2, 0.25) is 5.91 Å². The number of amides is 2. The maximum Gasteiger partial charge on any atom is 0.251 e. The molecule has 25 heavy (non-hydrogen) atoms. The van der Waals surface area contributed by atoms with E-state index in [0.717, 1.165) is 4.21 Å². The number of anilines is 1. The van der Waals surface area contributed by atoms with Crippen LogP contribution in [0, 0.1) is 0 Å². The standard InChI is InChI=1S/C17H21N3O2S2.ClH/c1-17(2,18)11-19-16(22)12-5-7-13(8-6-12)20-14(21)10-24-15-4-3-9-23-15;/h3-9H,10-11,18H2,1-2H3,(H,19,22)(H,20,21);1H. The lowest BCUT2D eigenvalue weighted by atomic mass is 10.1. The van der Waals surface area contributed by atoms with Gasteiger partial charge in [-0.3, -0.25) is 9.59 Å². The Morgan fingerprint density at radius 3 is 2.44 bits per heavy atom. The number of carbonyl (C=O) groups is 2. The molecule has 0 spiro atoms. The molecule has 0 aliphatic rings. The van der Waals surface area contributed by atoms with Crippen LogP contribution in [0.5, 0.6) is 0 Å². The van der Waals surface area contributed by atoms with Gasteiger partial charge in [-0.25, -0.2) is 0 Å². The number of rotatable bonds is 7. The molecule has 0 aliphatic heterocycles. The molecule has 0 aliphatic carbocycles. The van der Waals surface area contributed by atoms with Gasteiger partial charge >= 0.3 is 0 Å². The van der Waals surface area contributed by atoms with E-state index in [2.05, 4.69) is 10.6 Å². The first-order valence-corrected chi connectivity index (χ1v) is 9.33. The maximum atomic E-state index is 12.0. The smallest absolute Gasteiger partial charge is 0.251 e. The number of nitrogens with two attached hydrogens (primary N) is 1. The van der Waals surface area contributed by atoms with Crippen molar-refractivity contribution in [3.05, 3.63) is 47.3 Å². The number of halogens is 1. The fraction of sp³-hybridized carbons (Fsp3) is 0.294. The molecule has 0 fully saturated rings. The number of carbonyl (C=O) groups excluding carboxylic acids is 2. The van der Waals surface area contributed by atoms with Crippen molar-refractivity contribution in [2.45, 2.75) is 23.6 Å². The molecule has 0 bridgehead atoms. The minimum Gasteiger partial charge on any atom is -0.350 e. The zero-order valence-corrected chi connectivity index (χ0v) is 16.5. The Balaban J connectivity index is 0.00000312. The molecule has 4 N–H and O–H groups in total. The van der Waals surface area contributed by atoms with Crippen LogP contribution in [0.1, 0.15) is 24.2 Å². The second kappa shape index (κ2) is 9.82. The molecular weight excluding hydrogens is 378 g/mol. The number of nitrogens with one attached hydrogen (secondary N) is 2. The highest BCUT2D eigenvalue weighted by atomic mass is 35.5. The van der Waals surface area contributed by atoms with Crippen molar-refractivity contribution in [2.24, 2.45) is 5.73 Å². The van der Waals surface area contributed by atoms with Crippen LogP contribution >= 0.6 is 35.5 Å². The molecule has 0 saturated carbocycles. The van der Waals surface area contributed by atoms with E-state index in [4.69, 9.17) is 5.73 Å². The monoisotopic (exact) mass is 399 g/mol. The van der Waals surface area contributed by atoms with Crippen LogP contribution in [0.2, 0.25) is 0 Å². The minimum atomic E-state index is -0.455. The third-order valence-electron chi connectivity index (χ3n) is 2.98. The summed E-state index contributed by atoms with van der Waals surface area (Å²) in [5.74, 6) is 0.101. The number of hydrogen-bond acceptors (Lipinski definition) is 5. The van der Waals surface area contributed by atoms with Crippen LogP contribution in [0.4, 0.5) is 5.69 Å². The topological polar surface area (TPSA) is 84.2 Å². The van der Waals surface area contributed by atoms with E-state index in [1.807, 2.05) is 31.4 Å². The number of thiophene rings is 1. The Hall–Kier alpha value is -1.54. The van der Waals surface area contributed by atoms with Crippen molar-refractivity contribution in [3.63, 3.8) is 0 Å². The number of hydrogen-bond donors (Lipinski definition) is 3. The van der Waals surface area contributed by atoms with E-state index >= 15 is 0 Å². The molecule has 0 saturated heterocycles. The van der Waals surface area contributed by atoms with Crippen LogP contribution in [-0.2, 0) is 4.79 Å². The lowest BCUT2D eigenvalue weighted by Gasteiger charge is -2.18. The summed E-state index contributed by atoms with van der Waals surface area (Å²) in [5.41, 5.74) is 6.59. The fourth-order valence-electron chi connectivity index (χ4n) is 1.79. The van der Waals surface area contributed by atoms with Gasteiger partial charge in [0, 0.05) is 23.3 Å². The molecule has 8 heteroatoms. The fourth-order valence-corrected chi connectivity index (χ4v) is 3.38. The molecule has 1 heterocycles. The first-order chi connectivity index (χ1) is 11.3. The minimum absolute atomic E-state index is 0. The third-order valence-corrected chi connectivity index (χ3v) is 5.11. The molecular formula is C17H22ClN3O2S2. The van der Waals surface area contributed by atoms with Gasteiger partial charge < -0.3 is 16.4 Å². The molecule has 0 atom stereocenters.